The van der Waals surface area contributed by atoms with E-state index in [2.05, 4.69) is 5.16 Å². The van der Waals surface area contributed by atoms with E-state index in [0.717, 1.165) is 27.8 Å². The van der Waals surface area contributed by atoms with Gasteiger partial charge in [0.15, 0.2) is 5.78 Å². The quantitative estimate of drug-likeness (QED) is 0.431. The molecule has 1 unspecified atom stereocenters. The third-order valence-corrected chi connectivity index (χ3v) is 5.26. The molecule has 1 aromatic rings. The minimum Gasteiger partial charge on any atom is -0.511 e. The van der Waals surface area contributed by atoms with E-state index in [1.54, 1.807) is 0 Å². The van der Waals surface area contributed by atoms with Gasteiger partial charge in [-0.1, -0.05) is 30.4 Å². The number of benzene rings is 1. The number of aliphatic hydroxyl groups excluding tert-OH is 1. The summed E-state index contributed by atoms with van der Waals surface area (Å²) in [5.41, 5.74) is 11.7. The van der Waals surface area contributed by atoms with E-state index in [9.17, 15) is 9.90 Å². The van der Waals surface area contributed by atoms with E-state index in [0.29, 0.717) is 42.1 Å². The van der Waals surface area contributed by atoms with Crippen LogP contribution in [0.3, 0.4) is 0 Å². The number of ketones is 1. The molecule has 146 valence electrons. The van der Waals surface area contributed by atoms with E-state index in [1.165, 1.54) is 0 Å². The van der Waals surface area contributed by atoms with Crippen LogP contribution in [-0.2, 0) is 9.63 Å². The Hall–Kier alpha value is -2.21. The SMILES string of the molecule is CCO/N=C(/CC)C1=C(O)CC(c2c(C)cc(C)c(C(N)=S)c2C)CC1=O. The molecule has 3 N–H and O–H groups in total. The van der Waals surface area contributed by atoms with Crippen LogP contribution in [0.1, 0.15) is 66.8 Å². The molecule has 0 heterocycles. The summed E-state index contributed by atoms with van der Waals surface area (Å²) in [7, 11) is 0. The van der Waals surface area contributed by atoms with Gasteiger partial charge in [-0.25, -0.2) is 0 Å². The zero-order valence-electron chi connectivity index (χ0n) is 16.7. The molecule has 27 heavy (non-hydrogen) atoms. The third kappa shape index (κ3) is 4.21. The molecule has 0 fully saturated rings. The van der Waals surface area contributed by atoms with E-state index in [4.69, 9.17) is 22.8 Å². The minimum absolute atomic E-state index is 0.0767. The lowest BCUT2D eigenvalue weighted by Crippen LogP contribution is -2.25. The predicted octanol–water partition coefficient (Wildman–Crippen LogP) is 4.31. The molecule has 0 radical (unpaired) electrons. The molecule has 0 saturated carbocycles. The van der Waals surface area contributed by atoms with Gasteiger partial charge in [-0.15, -0.1) is 0 Å². The Morgan fingerprint density at radius 1 is 1.30 bits per heavy atom. The van der Waals surface area contributed by atoms with Crippen LogP contribution in [0.4, 0.5) is 0 Å². The Morgan fingerprint density at radius 3 is 2.48 bits per heavy atom. The maximum Gasteiger partial charge on any atom is 0.168 e. The number of oxime groups is 1. The average molecular weight is 389 g/mol. The number of aliphatic hydroxyl groups is 1. The molecule has 0 saturated heterocycles. The van der Waals surface area contributed by atoms with Gasteiger partial charge < -0.3 is 15.7 Å². The van der Waals surface area contributed by atoms with E-state index < -0.39 is 0 Å². The van der Waals surface area contributed by atoms with E-state index in [-0.39, 0.29) is 17.5 Å². The van der Waals surface area contributed by atoms with Gasteiger partial charge in [0.1, 0.15) is 17.4 Å². The fourth-order valence-corrected chi connectivity index (χ4v) is 4.38. The van der Waals surface area contributed by atoms with Crippen LogP contribution >= 0.6 is 12.2 Å². The summed E-state index contributed by atoms with van der Waals surface area (Å²) in [6.07, 6.45) is 1.21. The fraction of sp³-hybridized carbons (Fsp3) is 0.476. The monoisotopic (exact) mass is 388 g/mol. The maximum atomic E-state index is 12.9. The van der Waals surface area contributed by atoms with Crippen LogP contribution in [0.2, 0.25) is 0 Å². The fourth-order valence-electron chi connectivity index (χ4n) is 4.06. The van der Waals surface area contributed by atoms with Gasteiger partial charge >= 0.3 is 0 Å². The standard InChI is InChI=1S/C21H28N2O3S/c1-6-15(23-26-7-2)20-16(24)9-14(10-17(20)25)18-11(3)8-12(4)19(13(18)5)21(22)27/h8,14,24H,6-7,9-10H2,1-5H3,(H2,22,27)/b23-15-. The van der Waals surface area contributed by atoms with Gasteiger partial charge in [0.25, 0.3) is 0 Å². The zero-order valence-corrected chi connectivity index (χ0v) is 17.5. The first kappa shape index (κ1) is 21.1. The van der Waals surface area contributed by atoms with E-state index >= 15 is 0 Å². The summed E-state index contributed by atoms with van der Waals surface area (Å²) in [6, 6.07) is 2.05. The Labute approximate surface area is 166 Å². The molecule has 1 atom stereocenters. The Balaban J connectivity index is 2.50. The number of rotatable bonds is 6. The minimum atomic E-state index is -0.111. The summed E-state index contributed by atoms with van der Waals surface area (Å²) >= 11 is 5.22. The Kier molecular flexibility index (Phi) is 6.76. The van der Waals surface area contributed by atoms with Crippen molar-refractivity contribution < 1.29 is 14.7 Å². The first-order valence-electron chi connectivity index (χ1n) is 9.27. The Morgan fingerprint density at radius 2 is 1.96 bits per heavy atom. The van der Waals surface area contributed by atoms with Crippen LogP contribution in [0.15, 0.2) is 22.6 Å². The molecule has 5 nitrogen and oxygen atoms in total. The summed E-state index contributed by atoms with van der Waals surface area (Å²) in [5.74, 6) is -0.145. The van der Waals surface area contributed by atoms with Crippen molar-refractivity contribution in [1.29, 1.82) is 0 Å². The number of thiocarbonyl (C=S) groups is 1. The van der Waals surface area contributed by atoms with Crippen molar-refractivity contribution in [2.45, 2.75) is 59.8 Å². The molecular weight excluding hydrogens is 360 g/mol. The molecule has 6 heteroatoms. The predicted molar refractivity (Wildman–Crippen MR) is 113 cm³/mol. The third-order valence-electron chi connectivity index (χ3n) is 5.05. The highest BCUT2D eigenvalue weighted by Crippen LogP contribution is 2.39. The number of carbonyl (C=O) groups is 1. The second kappa shape index (κ2) is 8.65. The molecule has 1 aromatic carbocycles. The molecule has 0 amide bonds. The zero-order chi connectivity index (χ0) is 20.3. The number of Topliss-reactive ketones (excluding diaryl/α,β-unsaturated/α-hetero) is 1. The normalized spacial score (nSPS) is 18.0. The Bertz CT molecular complexity index is 840. The van der Waals surface area contributed by atoms with Crippen LogP contribution in [0.25, 0.3) is 0 Å². The number of hydrogen-bond acceptors (Lipinski definition) is 5. The van der Waals surface area contributed by atoms with Gasteiger partial charge in [-0.2, -0.15) is 0 Å². The second-order valence-corrected chi connectivity index (χ2v) is 7.39. The van der Waals surface area contributed by atoms with Gasteiger partial charge in [0.2, 0.25) is 0 Å². The molecule has 0 aliphatic heterocycles. The smallest absolute Gasteiger partial charge is 0.168 e. The number of allylic oxidation sites excluding steroid dienone is 2. The largest absolute Gasteiger partial charge is 0.511 e. The molecule has 0 bridgehead atoms. The average Bonchev–Trinajstić information content (AvgIpc) is 2.56. The molecule has 0 aromatic heterocycles. The molecule has 2 rings (SSSR count). The van der Waals surface area contributed by atoms with Crippen molar-refractivity contribution in [2.24, 2.45) is 10.9 Å². The highest BCUT2D eigenvalue weighted by atomic mass is 32.1. The number of carbonyl (C=O) groups excluding carboxylic acids is 1. The maximum absolute atomic E-state index is 12.9. The summed E-state index contributed by atoms with van der Waals surface area (Å²) in [6.45, 7) is 10.1. The summed E-state index contributed by atoms with van der Waals surface area (Å²) in [4.78, 5) is 18.3. The molecule has 1 aliphatic rings. The lowest BCUT2D eigenvalue weighted by atomic mass is 9.76. The van der Waals surface area contributed by atoms with Crippen LogP contribution < -0.4 is 5.73 Å². The van der Waals surface area contributed by atoms with Crippen molar-refractivity contribution in [1.82, 2.24) is 0 Å². The number of hydrogen-bond donors (Lipinski definition) is 2. The number of nitrogens with zero attached hydrogens (tertiary/aromatic N) is 1. The topological polar surface area (TPSA) is 84.9 Å². The van der Waals surface area contributed by atoms with Gasteiger partial charge in [0.05, 0.1) is 11.3 Å². The van der Waals surface area contributed by atoms with Gasteiger partial charge in [-0.3, -0.25) is 4.79 Å². The van der Waals surface area contributed by atoms with Crippen LogP contribution in [-0.4, -0.2) is 28.2 Å². The number of nitrogens with two attached hydrogens (primary N) is 1. The first-order valence-corrected chi connectivity index (χ1v) is 9.68. The molecule has 0 spiro atoms. The van der Waals surface area contributed by atoms with Gasteiger partial charge in [0, 0.05) is 18.4 Å². The van der Waals surface area contributed by atoms with Crippen molar-refractivity contribution in [3.8, 4) is 0 Å². The first-order chi connectivity index (χ1) is 12.7. The molecule has 1 aliphatic carbocycles. The van der Waals surface area contributed by atoms with Crippen molar-refractivity contribution in [3.63, 3.8) is 0 Å². The van der Waals surface area contributed by atoms with Crippen molar-refractivity contribution >= 4 is 28.7 Å². The van der Waals surface area contributed by atoms with Gasteiger partial charge in [-0.05, 0) is 62.3 Å². The molecular formula is C21H28N2O3S. The number of aryl methyl sites for hydroxylation is 2. The highest BCUT2D eigenvalue weighted by Gasteiger charge is 2.33. The van der Waals surface area contributed by atoms with Crippen LogP contribution in [0, 0.1) is 20.8 Å². The van der Waals surface area contributed by atoms with Crippen molar-refractivity contribution in [3.05, 3.63) is 45.2 Å². The summed E-state index contributed by atoms with van der Waals surface area (Å²) in [5, 5.41) is 14.7. The summed E-state index contributed by atoms with van der Waals surface area (Å²) < 4.78 is 0. The lowest BCUT2D eigenvalue weighted by molar-refractivity contribution is -0.116. The van der Waals surface area contributed by atoms with Crippen LogP contribution in [0.5, 0.6) is 0 Å². The van der Waals surface area contributed by atoms with E-state index in [1.807, 2.05) is 40.7 Å². The highest BCUT2D eigenvalue weighted by molar-refractivity contribution is 7.80. The second-order valence-electron chi connectivity index (χ2n) is 6.95. The van der Waals surface area contributed by atoms with Crippen molar-refractivity contribution in [2.75, 3.05) is 6.61 Å². The lowest BCUT2D eigenvalue weighted by Gasteiger charge is -2.28.